The summed E-state index contributed by atoms with van der Waals surface area (Å²) in [6.45, 7) is 7.95. The molecule has 116 valence electrons. The maximum Gasteiger partial charge on any atom is 0.180 e. The lowest BCUT2D eigenvalue weighted by atomic mass is 10.2. The van der Waals surface area contributed by atoms with Crippen molar-refractivity contribution in [2.75, 3.05) is 18.1 Å². The minimum atomic E-state index is 0.217. The summed E-state index contributed by atoms with van der Waals surface area (Å²) in [5, 5.41) is 0. The summed E-state index contributed by atoms with van der Waals surface area (Å²) in [6.07, 6.45) is 2.87. The Balaban J connectivity index is 2.00. The molecule has 2 aromatic heterocycles. The number of pyridine rings is 1. The highest BCUT2D eigenvalue weighted by atomic mass is 16.5. The molecule has 0 bridgehead atoms. The molecule has 3 rings (SSSR count). The fourth-order valence-corrected chi connectivity index (χ4v) is 2.64. The van der Waals surface area contributed by atoms with Crippen LogP contribution >= 0.6 is 0 Å². The summed E-state index contributed by atoms with van der Waals surface area (Å²) in [4.78, 5) is 16.1. The van der Waals surface area contributed by atoms with E-state index in [9.17, 15) is 0 Å². The van der Waals surface area contributed by atoms with Crippen molar-refractivity contribution in [2.45, 2.75) is 39.3 Å². The van der Waals surface area contributed by atoms with Crippen LogP contribution in [-0.4, -0.2) is 40.2 Å². The van der Waals surface area contributed by atoms with Crippen molar-refractivity contribution in [1.82, 2.24) is 15.0 Å². The molecular formula is C17H22N4O. The van der Waals surface area contributed by atoms with E-state index in [1.165, 1.54) is 0 Å². The van der Waals surface area contributed by atoms with E-state index in [2.05, 4.69) is 41.7 Å². The van der Waals surface area contributed by atoms with Gasteiger partial charge in [-0.1, -0.05) is 13.0 Å². The molecule has 1 aliphatic heterocycles. The van der Waals surface area contributed by atoms with Crippen molar-refractivity contribution in [1.29, 1.82) is 0 Å². The van der Waals surface area contributed by atoms with E-state index < -0.39 is 0 Å². The molecule has 0 radical (unpaired) electrons. The zero-order valence-electron chi connectivity index (χ0n) is 13.4. The number of ether oxygens (including phenoxy) is 1. The number of rotatable bonds is 3. The summed E-state index contributed by atoms with van der Waals surface area (Å²) in [5.41, 5.74) is 1.85. The van der Waals surface area contributed by atoms with Gasteiger partial charge in [-0.15, -0.1) is 0 Å². The maximum absolute atomic E-state index is 5.72. The molecule has 22 heavy (non-hydrogen) atoms. The molecule has 2 atom stereocenters. The standard InChI is InChI=1S/C17H22N4O/c1-4-14-9-16(21-10-13(3)22-11-12(21)2)20-17(19-14)15-7-5-6-8-18-15/h5-9,12-13H,4,10-11H2,1-3H3/t12-,13+/m1/s1. The second-order valence-electron chi connectivity index (χ2n) is 5.75. The van der Waals surface area contributed by atoms with Gasteiger partial charge in [0.25, 0.3) is 0 Å². The Kier molecular flexibility index (Phi) is 4.34. The number of morpholine rings is 1. The summed E-state index contributed by atoms with van der Waals surface area (Å²) in [6, 6.07) is 8.21. The van der Waals surface area contributed by atoms with Gasteiger partial charge in [0.05, 0.1) is 18.8 Å². The van der Waals surface area contributed by atoms with Gasteiger partial charge in [-0.25, -0.2) is 9.97 Å². The molecule has 0 saturated carbocycles. The topological polar surface area (TPSA) is 51.1 Å². The Morgan fingerprint density at radius 3 is 2.86 bits per heavy atom. The molecule has 2 aromatic rings. The van der Waals surface area contributed by atoms with E-state index in [4.69, 9.17) is 9.72 Å². The third-order valence-corrected chi connectivity index (χ3v) is 3.92. The molecule has 1 aliphatic rings. The fourth-order valence-electron chi connectivity index (χ4n) is 2.64. The van der Waals surface area contributed by atoms with Crippen molar-refractivity contribution in [2.24, 2.45) is 0 Å². The second kappa shape index (κ2) is 6.40. The van der Waals surface area contributed by atoms with Crippen LogP contribution in [0.15, 0.2) is 30.5 Å². The summed E-state index contributed by atoms with van der Waals surface area (Å²) >= 11 is 0. The van der Waals surface area contributed by atoms with Crippen molar-refractivity contribution in [3.8, 4) is 11.5 Å². The number of nitrogens with zero attached hydrogens (tertiary/aromatic N) is 4. The van der Waals surface area contributed by atoms with Crippen LogP contribution in [0.25, 0.3) is 11.5 Å². The molecule has 5 heteroatoms. The van der Waals surface area contributed by atoms with Crippen LogP contribution in [0.4, 0.5) is 5.82 Å². The number of hydrogen-bond donors (Lipinski definition) is 0. The zero-order chi connectivity index (χ0) is 15.5. The average molecular weight is 298 g/mol. The van der Waals surface area contributed by atoms with Gasteiger partial charge in [-0.3, -0.25) is 4.98 Å². The molecule has 5 nitrogen and oxygen atoms in total. The monoisotopic (exact) mass is 298 g/mol. The number of anilines is 1. The van der Waals surface area contributed by atoms with Gasteiger partial charge >= 0.3 is 0 Å². The molecule has 3 heterocycles. The molecule has 0 N–H and O–H groups in total. The third kappa shape index (κ3) is 3.09. The first-order valence-electron chi connectivity index (χ1n) is 7.85. The van der Waals surface area contributed by atoms with Gasteiger partial charge in [0.2, 0.25) is 0 Å². The molecular weight excluding hydrogens is 276 g/mol. The van der Waals surface area contributed by atoms with E-state index in [1.807, 2.05) is 18.2 Å². The van der Waals surface area contributed by atoms with Gasteiger partial charge in [0, 0.05) is 24.5 Å². The first-order chi connectivity index (χ1) is 10.7. The highest BCUT2D eigenvalue weighted by Gasteiger charge is 2.25. The van der Waals surface area contributed by atoms with Crippen LogP contribution in [0.1, 0.15) is 26.5 Å². The molecule has 1 fully saturated rings. The highest BCUT2D eigenvalue weighted by Crippen LogP contribution is 2.23. The minimum Gasteiger partial charge on any atom is -0.375 e. The van der Waals surface area contributed by atoms with E-state index in [0.717, 1.165) is 36.8 Å². The predicted molar refractivity (Wildman–Crippen MR) is 86.9 cm³/mol. The highest BCUT2D eigenvalue weighted by molar-refractivity contribution is 5.54. The molecule has 0 spiro atoms. The average Bonchev–Trinajstić information content (AvgIpc) is 2.57. The normalized spacial score (nSPS) is 21.9. The lowest BCUT2D eigenvalue weighted by Crippen LogP contribution is -2.47. The summed E-state index contributed by atoms with van der Waals surface area (Å²) in [5.74, 6) is 1.66. The van der Waals surface area contributed by atoms with Crippen LogP contribution in [0.3, 0.4) is 0 Å². The van der Waals surface area contributed by atoms with Crippen molar-refractivity contribution in [3.05, 3.63) is 36.2 Å². The summed E-state index contributed by atoms with van der Waals surface area (Å²) in [7, 11) is 0. The second-order valence-corrected chi connectivity index (χ2v) is 5.75. The Labute approximate surface area is 131 Å². The first-order valence-corrected chi connectivity index (χ1v) is 7.85. The van der Waals surface area contributed by atoms with Gasteiger partial charge in [-0.2, -0.15) is 0 Å². The van der Waals surface area contributed by atoms with E-state index in [1.54, 1.807) is 6.20 Å². The number of aryl methyl sites for hydroxylation is 1. The van der Waals surface area contributed by atoms with Crippen LogP contribution < -0.4 is 4.90 Å². The van der Waals surface area contributed by atoms with Crippen molar-refractivity contribution in [3.63, 3.8) is 0 Å². The minimum absolute atomic E-state index is 0.217. The SMILES string of the molecule is CCc1cc(N2C[C@H](C)OC[C@H]2C)nc(-c2ccccn2)n1. The van der Waals surface area contributed by atoms with Gasteiger partial charge in [0.15, 0.2) is 5.82 Å². The van der Waals surface area contributed by atoms with Crippen LogP contribution in [0.5, 0.6) is 0 Å². The lowest BCUT2D eigenvalue weighted by molar-refractivity contribution is 0.0340. The predicted octanol–water partition coefficient (Wildman–Crippen LogP) is 2.71. The fraction of sp³-hybridized carbons (Fsp3) is 0.471. The zero-order valence-corrected chi connectivity index (χ0v) is 13.4. The van der Waals surface area contributed by atoms with E-state index >= 15 is 0 Å². The Hall–Kier alpha value is -2.01. The van der Waals surface area contributed by atoms with Crippen LogP contribution in [-0.2, 0) is 11.2 Å². The van der Waals surface area contributed by atoms with Gasteiger partial charge in [0.1, 0.15) is 11.5 Å². The van der Waals surface area contributed by atoms with E-state index in [0.29, 0.717) is 11.9 Å². The third-order valence-electron chi connectivity index (χ3n) is 3.92. The molecule has 0 unspecified atom stereocenters. The van der Waals surface area contributed by atoms with Crippen molar-refractivity contribution >= 4 is 5.82 Å². The van der Waals surface area contributed by atoms with Crippen LogP contribution in [0, 0.1) is 0 Å². The molecule has 0 aromatic carbocycles. The smallest absolute Gasteiger partial charge is 0.180 e. The van der Waals surface area contributed by atoms with Gasteiger partial charge in [-0.05, 0) is 32.4 Å². The van der Waals surface area contributed by atoms with Crippen molar-refractivity contribution < 1.29 is 4.74 Å². The number of aromatic nitrogens is 3. The maximum atomic E-state index is 5.72. The van der Waals surface area contributed by atoms with E-state index in [-0.39, 0.29) is 6.10 Å². The van der Waals surface area contributed by atoms with Crippen LogP contribution in [0.2, 0.25) is 0 Å². The number of hydrogen-bond acceptors (Lipinski definition) is 5. The summed E-state index contributed by atoms with van der Waals surface area (Å²) < 4.78 is 5.72. The molecule has 0 aliphatic carbocycles. The first kappa shape index (κ1) is 14.9. The Morgan fingerprint density at radius 2 is 2.14 bits per heavy atom. The molecule has 0 amide bonds. The largest absolute Gasteiger partial charge is 0.375 e. The lowest BCUT2D eigenvalue weighted by Gasteiger charge is -2.37. The Morgan fingerprint density at radius 1 is 1.27 bits per heavy atom. The molecule has 1 saturated heterocycles. The quantitative estimate of drug-likeness (QED) is 0.872. The Bertz CT molecular complexity index is 632. The van der Waals surface area contributed by atoms with Gasteiger partial charge < -0.3 is 9.64 Å².